The van der Waals surface area contributed by atoms with Gasteiger partial charge in [0.1, 0.15) is 23.7 Å². The molecule has 0 bridgehead atoms. The Bertz CT molecular complexity index is 736. The molecule has 1 N–H and O–H groups in total. The number of rotatable bonds is 4. The van der Waals surface area contributed by atoms with Crippen LogP contribution in [0.3, 0.4) is 0 Å². The van der Waals surface area contributed by atoms with E-state index in [1.165, 1.54) is 0 Å². The van der Waals surface area contributed by atoms with E-state index in [4.69, 9.17) is 5.26 Å². The third-order valence-electron chi connectivity index (χ3n) is 3.83. The summed E-state index contributed by atoms with van der Waals surface area (Å²) in [4.78, 5) is 24.2. The molecule has 0 aliphatic heterocycles. The van der Waals surface area contributed by atoms with Crippen LogP contribution in [0.4, 0.5) is 0 Å². The molecule has 116 valence electrons. The second-order valence-corrected chi connectivity index (χ2v) is 5.68. The van der Waals surface area contributed by atoms with Gasteiger partial charge < -0.3 is 5.32 Å². The van der Waals surface area contributed by atoms with E-state index in [1.807, 2.05) is 19.9 Å². The van der Waals surface area contributed by atoms with Crippen LogP contribution in [0.1, 0.15) is 37.6 Å². The number of aromatic nitrogens is 2. The predicted octanol–water partition coefficient (Wildman–Crippen LogP) is 0.786. The molecule has 1 aromatic heterocycles. The van der Waals surface area contributed by atoms with Gasteiger partial charge in [0, 0.05) is 0 Å². The Morgan fingerprint density at radius 3 is 2.45 bits per heavy atom. The standard InChI is InChI=1S/C15H19N5O2/c1-9(2)15(5,8-17)18-13(21)7-20-14(22)12(6-16)10(3)11(4)19-20/h9H,7H2,1-5H3,(H,18,21)/t15-/m1/s1. The zero-order chi connectivity index (χ0) is 17.1. The predicted molar refractivity (Wildman–Crippen MR) is 79.7 cm³/mol. The summed E-state index contributed by atoms with van der Waals surface area (Å²) in [7, 11) is 0. The zero-order valence-electron chi connectivity index (χ0n) is 13.4. The Kier molecular flexibility index (Phi) is 5.06. The highest BCUT2D eigenvalue weighted by Gasteiger charge is 2.30. The van der Waals surface area contributed by atoms with Gasteiger partial charge in [-0.05, 0) is 32.3 Å². The van der Waals surface area contributed by atoms with E-state index >= 15 is 0 Å². The number of nitrogens with one attached hydrogen (secondary N) is 1. The first-order chi connectivity index (χ1) is 10.2. The Hall–Kier alpha value is -2.67. The molecule has 0 saturated heterocycles. The number of amides is 1. The van der Waals surface area contributed by atoms with E-state index in [9.17, 15) is 14.9 Å². The van der Waals surface area contributed by atoms with E-state index < -0.39 is 17.0 Å². The molecule has 7 nitrogen and oxygen atoms in total. The van der Waals surface area contributed by atoms with Crippen LogP contribution in [0.25, 0.3) is 0 Å². The second kappa shape index (κ2) is 6.40. The molecule has 0 fully saturated rings. The summed E-state index contributed by atoms with van der Waals surface area (Å²) in [6.45, 7) is 8.22. The normalized spacial score (nSPS) is 13.1. The van der Waals surface area contributed by atoms with Gasteiger partial charge in [-0.2, -0.15) is 15.6 Å². The van der Waals surface area contributed by atoms with Crippen molar-refractivity contribution in [3.63, 3.8) is 0 Å². The van der Waals surface area contributed by atoms with Gasteiger partial charge in [0.15, 0.2) is 0 Å². The number of carbonyl (C=O) groups excluding carboxylic acids is 1. The first-order valence-corrected chi connectivity index (χ1v) is 6.87. The molecule has 0 aliphatic carbocycles. The number of nitriles is 2. The van der Waals surface area contributed by atoms with Gasteiger partial charge in [-0.1, -0.05) is 13.8 Å². The molecule has 0 aliphatic rings. The average Bonchev–Trinajstić information content (AvgIpc) is 2.45. The van der Waals surface area contributed by atoms with Crippen LogP contribution < -0.4 is 10.9 Å². The molecule has 1 amide bonds. The maximum atomic E-state index is 12.1. The third-order valence-corrected chi connectivity index (χ3v) is 3.83. The minimum atomic E-state index is -1.03. The molecule has 1 rings (SSSR count). The molecule has 0 unspecified atom stereocenters. The molecule has 0 aromatic carbocycles. The van der Waals surface area contributed by atoms with Crippen molar-refractivity contribution in [1.82, 2.24) is 15.1 Å². The first-order valence-electron chi connectivity index (χ1n) is 6.87. The Morgan fingerprint density at radius 1 is 1.41 bits per heavy atom. The van der Waals surface area contributed by atoms with Crippen LogP contribution >= 0.6 is 0 Å². The van der Waals surface area contributed by atoms with Crippen LogP contribution in [0.15, 0.2) is 4.79 Å². The summed E-state index contributed by atoms with van der Waals surface area (Å²) < 4.78 is 0.953. The van der Waals surface area contributed by atoms with Crippen molar-refractivity contribution in [1.29, 1.82) is 10.5 Å². The molecule has 1 aromatic rings. The van der Waals surface area contributed by atoms with Crippen molar-refractivity contribution >= 4 is 5.91 Å². The minimum Gasteiger partial charge on any atom is -0.336 e. The second-order valence-electron chi connectivity index (χ2n) is 5.68. The van der Waals surface area contributed by atoms with Gasteiger partial charge in [0.05, 0.1) is 11.8 Å². The lowest BCUT2D eigenvalue weighted by molar-refractivity contribution is -0.123. The van der Waals surface area contributed by atoms with Crippen LogP contribution in [-0.4, -0.2) is 21.2 Å². The highest BCUT2D eigenvalue weighted by atomic mass is 16.2. The van der Waals surface area contributed by atoms with Gasteiger partial charge in [-0.25, -0.2) is 4.68 Å². The average molecular weight is 301 g/mol. The van der Waals surface area contributed by atoms with Gasteiger partial charge >= 0.3 is 0 Å². The maximum absolute atomic E-state index is 12.1. The number of hydrogen-bond acceptors (Lipinski definition) is 5. The fourth-order valence-electron chi connectivity index (χ4n) is 1.78. The summed E-state index contributed by atoms with van der Waals surface area (Å²) in [6, 6.07) is 3.90. The molecule has 7 heteroatoms. The van der Waals surface area contributed by atoms with Crippen LogP contribution in [0.5, 0.6) is 0 Å². The zero-order valence-corrected chi connectivity index (χ0v) is 13.4. The van der Waals surface area contributed by atoms with E-state index in [0.29, 0.717) is 11.3 Å². The first kappa shape index (κ1) is 17.4. The molecular weight excluding hydrogens is 282 g/mol. The van der Waals surface area contributed by atoms with Crippen LogP contribution in [0.2, 0.25) is 0 Å². The van der Waals surface area contributed by atoms with Crippen molar-refractivity contribution in [2.45, 2.75) is 46.7 Å². The smallest absolute Gasteiger partial charge is 0.285 e. The highest BCUT2D eigenvalue weighted by Crippen LogP contribution is 2.15. The van der Waals surface area contributed by atoms with Crippen LogP contribution in [-0.2, 0) is 11.3 Å². The lowest BCUT2D eigenvalue weighted by atomic mass is 9.90. The summed E-state index contributed by atoms with van der Waals surface area (Å²) >= 11 is 0. The van der Waals surface area contributed by atoms with Crippen molar-refractivity contribution < 1.29 is 4.79 Å². The van der Waals surface area contributed by atoms with E-state index in [2.05, 4.69) is 16.5 Å². The van der Waals surface area contributed by atoms with Crippen LogP contribution in [0, 0.1) is 42.4 Å². The third kappa shape index (κ3) is 3.32. The topological polar surface area (TPSA) is 112 Å². The summed E-state index contributed by atoms with van der Waals surface area (Å²) in [5.41, 5.74) is -0.640. The maximum Gasteiger partial charge on any atom is 0.285 e. The minimum absolute atomic E-state index is 0.0211. The Balaban J connectivity index is 3.10. The monoisotopic (exact) mass is 301 g/mol. The molecule has 22 heavy (non-hydrogen) atoms. The van der Waals surface area contributed by atoms with Gasteiger partial charge in [-0.3, -0.25) is 9.59 Å². The molecule has 0 radical (unpaired) electrons. The number of hydrogen-bond donors (Lipinski definition) is 1. The largest absolute Gasteiger partial charge is 0.336 e. The quantitative estimate of drug-likeness (QED) is 0.883. The fourth-order valence-corrected chi connectivity index (χ4v) is 1.78. The van der Waals surface area contributed by atoms with E-state index in [0.717, 1.165) is 4.68 Å². The number of aryl methyl sites for hydroxylation is 1. The Labute approximate surface area is 129 Å². The molecule has 0 saturated carbocycles. The molecular formula is C15H19N5O2. The van der Waals surface area contributed by atoms with Gasteiger partial charge in [0.25, 0.3) is 5.56 Å². The van der Waals surface area contributed by atoms with E-state index in [1.54, 1.807) is 20.8 Å². The SMILES string of the molecule is Cc1nn(CC(=O)N[C@](C)(C#N)C(C)C)c(=O)c(C#N)c1C. The number of nitrogens with zero attached hydrogens (tertiary/aromatic N) is 4. The van der Waals surface area contributed by atoms with Gasteiger partial charge in [-0.15, -0.1) is 0 Å². The Morgan fingerprint density at radius 2 is 2.00 bits per heavy atom. The molecule has 0 spiro atoms. The molecule has 1 atom stereocenters. The van der Waals surface area contributed by atoms with E-state index in [-0.39, 0.29) is 18.0 Å². The summed E-state index contributed by atoms with van der Waals surface area (Å²) in [5, 5.41) is 24.9. The van der Waals surface area contributed by atoms with Crippen molar-refractivity contribution in [3.8, 4) is 12.1 Å². The van der Waals surface area contributed by atoms with Crippen molar-refractivity contribution in [2.24, 2.45) is 5.92 Å². The molecule has 1 heterocycles. The highest BCUT2D eigenvalue weighted by molar-refractivity contribution is 5.77. The summed E-state index contributed by atoms with van der Waals surface area (Å²) in [5.74, 6) is -0.597. The lowest BCUT2D eigenvalue weighted by Gasteiger charge is -2.27. The summed E-state index contributed by atoms with van der Waals surface area (Å²) in [6.07, 6.45) is 0. The van der Waals surface area contributed by atoms with Crippen molar-refractivity contribution in [3.05, 3.63) is 27.2 Å². The fraction of sp³-hybridized carbons (Fsp3) is 0.533. The lowest BCUT2D eigenvalue weighted by Crippen LogP contribution is -2.50. The van der Waals surface area contributed by atoms with Gasteiger partial charge in [0.2, 0.25) is 5.91 Å². The number of carbonyl (C=O) groups is 1. The van der Waals surface area contributed by atoms with Crippen molar-refractivity contribution in [2.75, 3.05) is 0 Å².